The summed E-state index contributed by atoms with van der Waals surface area (Å²) in [6.45, 7) is 1.97. The maximum Gasteiger partial charge on any atom is 0.416 e. The highest BCUT2D eigenvalue weighted by atomic mass is 19.4. The van der Waals surface area contributed by atoms with Gasteiger partial charge in [0.05, 0.1) is 12.2 Å². The van der Waals surface area contributed by atoms with Crippen LogP contribution in [-0.4, -0.2) is 26.2 Å². The molecule has 6 heteroatoms. The zero-order valence-corrected chi connectivity index (χ0v) is 10.1. The lowest BCUT2D eigenvalue weighted by atomic mass is 10.2. The molecular formula is C12H14F3NO2. The van der Waals surface area contributed by atoms with E-state index in [9.17, 15) is 18.0 Å². The monoisotopic (exact) mass is 261 g/mol. The summed E-state index contributed by atoms with van der Waals surface area (Å²) in [5.74, 6) is -0.417. The third kappa shape index (κ3) is 3.94. The third-order valence-electron chi connectivity index (χ3n) is 2.31. The molecule has 0 heterocycles. The van der Waals surface area contributed by atoms with Gasteiger partial charge in [-0.3, -0.25) is 4.79 Å². The first kappa shape index (κ1) is 14.3. The summed E-state index contributed by atoms with van der Waals surface area (Å²) >= 11 is 0. The third-order valence-corrected chi connectivity index (χ3v) is 2.31. The summed E-state index contributed by atoms with van der Waals surface area (Å²) in [7, 11) is 1.61. The van der Waals surface area contributed by atoms with Crippen molar-refractivity contribution in [2.24, 2.45) is 0 Å². The normalized spacial score (nSPS) is 11.2. The molecular weight excluding hydrogens is 247 g/mol. The second kappa shape index (κ2) is 5.75. The van der Waals surface area contributed by atoms with Gasteiger partial charge < -0.3 is 9.64 Å². The number of hydrogen-bond donors (Lipinski definition) is 0. The molecule has 100 valence electrons. The predicted octanol–water partition coefficient (Wildman–Crippen LogP) is 2.70. The van der Waals surface area contributed by atoms with E-state index < -0.39 is 17.7 Å². The van der Waals surface area contributed by atoms with Crippen LogP contribution in [0.3, 0.4) is 0 Å². The molecule has 1 rings (SSSR count). The van der Waals surface area contributed by atoms with Gasteiger partial charge in [0, 0.05) is 12.7 Å². The Balaban J connectivity index is 2.70. The van der Waals surface area contributed by atoms with Crippen molar-refractivity contribution in [1.29, 1.82) is 0 Å². The Labute approximate surface area is 103 Å². The van der Waals surface area contributed by atoms with Gasteiger partial charge in [-0.2, -0.15) is 13.2 Å². The van der Waals surface area contributed by atoms with Gasteiger partial charge in [0.25, 0.3) is 0 Å². The standard InChI is InChI=1S/C12H14F3NO2/c1-3-18-11(17)8-16(2)10-6-4-9(5-7-10)12(13,14)15/h4-7H,3,8H2,1-2H3. The van der Waals surface area contributed by atoms with Crippen LogP contribution in [0.25, 0.3) is 0 Å². The average molecular weight is 261 g/mol. The highest BCUT2D eigenvalue weighted by Gasteiger charge is 2.30. The Morgan fingerprint density at radius 3 is 2.28 bits per heavy atom. The van der Waals surface area contributed by atoms with Crippen LogP contribution in [0.1, 0.15) is 12.5 Å². The van der Waals surface area contributed by atoms with E-state index in [-0.39, 0.29) is 13.2 Å². The molecule has 1 aromatic rings. The number of anilines is 1. The van der Waals surface area contributed by atoms with Gasteiger partial charge in [-0.25, -0.2) is 0 Å². The first-order valence-electron chi connectivity index (χ1n) is 5.38. The van der Waals surface area contributed by atoms with E-state index in [1.165, 1.54) is 17.0 Å². The van der Waals surface area contributed by atoms with Crippen molar-refractivity contribution >= 4 is 11.7 Å². The van der Waals surface area contributed by atoms with Gasteiger partial charge >= 0.3 is 12.1 Å². The summed E-state index contributed by atoms with van der Waals surface area (Å²) < 4.78 is 41.8. The van der Waals surface area contributed by atoms with E-state index in [2.05, 4.69) is 0 Å². The molecule has 0 unspecified atom stereocenters. The highest BCUT2D eigenvalue weighted by Crippen LogP contribution is 2.30. The molecule has 0 aliphatic rings. The molecule has 0 spiro atoms. The maximum atomic E-state index is 12.3. The van der Waals surface area contributed by atoms with E-state index in [0.29, 0.717) is 5.69 Å². The Kier molecular flexibility index (Phi) is 4.58. The number of carbonyl (C=O) groups is 1. The molecule has 0 saturated carbocycles. The van der Waals surface area contributed by atoms with E-state index in [1.807, 2.05) is 0 Å². The lowest BCUT2D eigenvalue weighted by Gasteiger charge is -2.18. The molecule has 0 fully saturated rings. The molecule has 0 bridgehead atoms. The summed E-state index contributed by atoms with van der Waals surface area (Å²) in [5.41, 5.74) is -0.188. The SMILES string of the molecule is CCOC(=O)CN(C)c1ccc(C(F)(F)F)cc1. The van der Waals surface area contributed by atoms with E-state index in [1.54, 1.807) is 14.0 Å². The second-order valence-corrected chi connectivity index (χ2v) is 3.71. The first-order valence-corrected chi connectivity index (χ1v) is 5.38. The molecule has 1 aromatic carbocycles. The number of benzene rings is 1. The van der Waals surface area contributed by atoms with Crippen LogP contribution in [0, 0.1) is 0 Å². The van der Waals surface area contributed by atoms with Gasteiger partial charge in [-0.05, 0) is 31.2 Å². The van der Waals surface area contributed by atoms with Crippen LogP contribution >= 0.6 is 0 Å². The molecule has 0 radical (unpaired) electrons. The predicted molar refractivity (Wildman–Crippen MR) is 61.3 cm³/mol. The van der Waals surface area contributed by atoms with Crippen molar-refractivity contribution in [1.82, 2.24) is 0 Å². The zero-order valence-electron chi connectivity index (χ0n) is 10.1. The van der Waals surface area contributed by atoms with Crippen LogP contribution in [0.2, 0.25) is 0 Å². The Hall–Kier alpha value is -1.72. The Bertz CT molecular complexity index is 401. The maximum absolute atomic E-state index is 12.3. The fourth-order valence-corrected chi connectivity index (χ4v) is 1.40. The quantitative estimate of drug-likeness (QED) is 0.780. The Morgan fingerprint density at radius 2 is 1.83 bits per heavy atom. The summed E-state index contributed by atoms with van der Waals surface area (Å²) in [6, 6.07) is 4.61. The van der Waals surface area contributed by atoms with Gasteiger partial charge in [0.1, 0.15) is 6.54 Å². The molecule has 0 N–H and O–H groups in total. The zero-order chi connectivity index (χ0) is 13.8. The second-order valence-electron chi connectivity index (χ2n) is 3.71. The first-order chi connectivity index (χ1) is 8.34. The van der Waals surface area contributed by atoms with Crippen molar-refractivity contribution in [3.8, 4) is 0 Å². The molecule has 0 aromatic heterocycles. The number of hydrogen-bond acceptors (Lipinski definition) is 3. The van der Waals surface area contributed by atoms with Crippen molar-refractivity contribution in [3.63, 3.8) is 0 Å². The molecule has 18 heavy (non-hydrogen) atoms. The number of esters is 1. The number of ether oxygens (including phenoxy) is 1. The van der Waals surface area contributed by atoms with Crippen LogP contribution in [-0.2, 0) is 15.7 Å². The van der Waals surface area contributed by atoms with E-state index >= 15 is 0 Å². The molecule has 0 aliphatic heterocycles. The van der Waals surface area contributed by atoms with Gasteiger partial charge in [-0.1, -0.05) is 0 Å². The van der Waals surface area contributed by atoms with Crippen molar-refractivity contribution in [2.75, 3.05) is 25.1 Å². The van der Waals surface area contributed by atoms with Gasteiger partial charge in [0.2, 0.25) is 0 Å². The largest absolute Gasteiger partial charge is 0.465 e. The molecule has 3 nitrogen and oxygen atoms in total. The summed E-state index contributed by atoms with van der Waals surface area (Å²) in [5, 5.41) is 0. The number of halogens is 3. The van der Waals surface area contributed by atoms with Crippen LogP contribution < -0.4 is 4.90 Å². The smallest absolute Gasteiger partial charge is 0.416 e. The lowest BCUT2D eigenvalue weighted by Crippen LogP contribution is -2.27. The minimum absolute atomic E-state index is 0.000789. The number of alkyl halides is 3. The molecule has 0 saturated heterocycles. The van der Waals surface area contributed by atoms with Crippen molar-refractivity contribution < 1.29 is 22.7 Å². The van der Waals surface area contributed by atoms with E-state index in [0.717, 1.165) is 12.1 Å². The number of likely N-dealkylation sites (N-methyl/N-ethyl adjacent to an activating group) is 1. The van der Waals surface area contributed by atoms with E-state index in [4.69, 9.17) is 4.74 Å². The summed E-state index contributed by atoms with van der Waals surface area (Å²) in [4.78, 5) is 12.7. The van der Waals surface area contributed by atoms with Crippen LogP contribution in [0.5, 0.6) is 0 Å². The fourth-order valence-electron chi connectivity index (χ4n) is 1.40. The van der Waals surface area contributed by atoms with Gasteiger partial charge in [-0.15, -0.1) is 0 Å². The fraction of sp³-hybridized carbons (Fsp3) is 0.417. The number of rotatable bonds is 4. The number of carbonyl (C=O) groups excluding carboxylic acids is 1. The average Bonchev–Trinajstić information content (AvgIpc) is 2.28. The minimum Gasteiger partial charge on any atom is -0.465 e. The van der Waals surface area contributed by atoms with Crippen molar-refractivity contribution in [2.45, 2.75) is 13.1 Å². The van der Waals surface area contributed by atoms with Crippen LogP contribution in [0.15, 0.2) is 24.3 Å². The number of nitrogens with zero attached hydrogens (tertiary/aromatic N) is 1. The summed E-state index contributed by atoms with van der Waals surface area (Å²) in [6.07, 6.45) is -4.35. The molecule has 0 amide bonds. The Morgan fingerprint density at radius 1 is 1.28 bits per heavy atom. The molecule has 0 aliphatic carbocycles. The molecule has 0 atom stereocenters. The van der Waals surface area contributed by atoms with Crippen molar-refractivity contribution in [3.05, 3.63) is 29.8 Å². The van der Waals surface area contributed by atoms with Gasteiger partial charge in [0.15, 0.2) is 0 Å². The minimum atomic E-state index is -4.35. The lowest BCUT2D eigenvalue weighted by molar-refractivity contribution is -0.141. The highest BCUT2D eigenvalue weighted by molar-refractivity contribution is 5.75. The topological polar surface area (TPSA) is 29.5 Å². The van der Waals surface area contributed by atoms with Crippen LogP contribution in [0.4, 0.5) is 18.9 Å².